The number of carbonyl (C=O) groups excluding carboxylic acids is 1. The number of aryl methyl sites for hydroxylation is 1. The van der Waals surface area contributed by atoms with E-state index >= 15 is 0 Å². The number of nitrogens with one attached hydrogen (secondary N) is 1. The molecule has 1 heterocycles. The Labute approximate surface area is 149 Å². The second kappa shape index (κ2) is 6.64. The van der Waals surface area contributed by atoms with Crippen LogP contribution in [0.15, 0.2) is 30.3 Å². The largest absolute Gasteiger partial charge is 0.328 e. The van der Waals surface area contributed by atoms with Gasteiger partial charge < -0.3 is 11.1 Å². The third kappa shape index (κ3) is 3.93. The summed E-state index contributed by atoms with van der Waals surface area (Å²) < 4.78 is 1.83. The quantitative estimate of drug-likeness (QED) is 0.897. The van der Waals surface area contributed by atoms with Crippen molar-refractivity contribution in [2.45, 2.75) is 58.4 Å². The normalized spacial score (nSPS) is 20.7. The molecule has 1 saturated carbocycles. The van der Waals surface area contributed by atoms with Crippen molar-refractivity contribution >= 4 is 11.7 Å². The molecule has 1 aromatic heterocycles. The number of nitrogens with zero attached hydrogens (tertiary/aromatic N) is 2. The number of nitrogens with two attached hydrogens (primary N) is 1. The minimum Gasteiger partial charge on any atom is -0.328 e. The van der Waals surface area contributed by atoms with Crippen LogP contribution in [-0.4, -0.2) is 21.7 Å². The molecule has 1 aliphatic carbocycles. The van der Waals surface area contributed by atoms with Crippen LogP contribution >= 0.6 is 0 Å². The minimum absolute atomic E-state index is 0.00561. The molecule has 2 atom stereocenters. The van der Waals surface area contributed by atoms with Gasteiger partial charge in [0, 0.05) is 23.4 Å². The number of aromatic nitrogens is 2. The third-order valence-corrected chi connectivity index (χ3v) is 4.82. The van der Waals surface area contributed by atoms with Gasteiger partial charge in [-0.25, -0.2) is 4.68 Å². The molecule has 3 N–H and O–H groups in total. The zero-order valence-corrected chi connectivity index (χ0v) is 15.5. The fraction of sp³-hybridized carbons (Fsp3) is 0.500. The molecule has 2 aromatic rings. The van der Waals surface area contributed by atoms with Crippen molar-refractivity contribution in [1.29, 1.82) is 0 Å². The number of carbonyl (C=O) groups is 1. The first-order valence-electron chi connectivity index (χ1n) is 8.98. The zero-order valence-electron chi connectivity index (χ0n) is 15.5. The van der Waals surface area contributed by atoms with Crippen molar-refractivity contribution in [3.63, 3.8) is 0 Å². The summed E-state index contributed by atoms with van der Waals surface area (Å²) in [5.41, 5.74) is 8.93. The van der Waals surface area contributed by atoms with Crippen molar-refractivity contribution in [2.75, 3.05) is 5.32 Å². The molecule has 0 aliphatic heterocycles. The van der Waals surface area contributed by atoms with Gasteiger partial charge in [0.25, 0.3) is 0 Å². The first-order chi connectivity index (χ1) is 11.7. The molecular formula is C20H28N4O. The van der Waals surface area contributed by atoms with Gasteiger partial charge in [-0.2, -0.15) is 5.10 Å². The maximum Gasteiger partial charge on any atom is 0.228 e. The lowest BCUT2D eigenvalue weighted by Crippen LogP contribution is -2.24. The van der Waals surface area contributed by atoms with Crippen LogP contribution < -0.4 is 11.1 Å². The summed E-state index contributed by atoms with van der Waals surface area (Å²) in [7, 11) is 0. The maximum atomic E-state index is 12.7. The Morgan fingerprint density at radius 3 is 2.64 bits per heavy atom. The molecule has 0 bridgehead atoms. The van der Waals surface area contributed by atoms with Gasteiger partial charge in [0.15, 0.2) is 0 Å². The lowest BCUT2D eigenvalue weighted by atomic mass is 9.92. The Kier molecular flexibility index (Phi) is 4.69. The predicted molar refractivity (Wildman–Crippen MR) is 101 cm³/mol. The molecule has 0 radical (unpaired) electrons. The highest BCUT2D eigenvalue weighted by atomic mass is 16.2. The van der Waals surface area contributed by atoms with Gasteiger partial charge in [0.2, 0.25) is 5.91 Å². The monoisotopic (exact) mass is 340 g/mol. The SMILES string of the molecule is Cc1cccc(-n2nc(C(C)(C)C)cc2NC(=O)C2CCC(N)C2)c1. The van der Waals surface area contributed by atoms with Gasteiger partial charge in [-0.1, -0.05) is 32.9 Å². The highest BCUT2D eigenvalue weighted by Gasteiger charge is 2.29. The summed E-state index contributed by atoms with van der Waals surface area (Å²) in [6.07, 6.45) is 2.54. The topological polar surface area (TPSA) is 72.9 Å². The predicted octanol–water partition coefficient (Wildman–Crippen LogP) is 3.54. The molecular weight excluding hydrogens is 312 g/mol. The average molecular weight is 340 g/mol. The van der Waals surface area contributed by atoms with Crippen LogP contribution in [-0.2, 0) is 10.2 Å². The standard InChI is InChI=1S/C20H28N4O/c1-13-6-5-7-16(10-13)24-18(12-17(23-24)20(2,3)4)22-19(25)14-8-9-15(21)11-14/h5-7,10,12,14-15H,8-9,11,21H2,1-4H3,(H,22,25). The first-order valence-corrected chi connectivity index (χ1v) is 8.98. The Balaban J connectivity index is 1.94. The van der Waals surface area contributed by atoms with Gasteiger partial charge in [0.1, 0.15) is 5.82 Å². The van der Waals surface area contributed by atoms with E-state index in [1.807, 2.05) is 22.9 Å². The smallest absolute Gasteiger partial charge is 0.228 e. The molecule has 134 valence electrons. The van der Waals surface area contributed by atoms with E-state index in [-0.39, 0.29) is 23.3 Å². The van der Waals surface area contributed by atoms with Crippen LogP contribution in [0.1, 0.15) is 51.3 Å². The van der Waals surface area contributed by atoms with E-state index in [0.717, 1.165) is 42.0 Å². The van der Waals surface area contributed by atoms with Crippen molar-refractivity contribution < 1.29 is 4.79 Å². The van der Waals surface area contributed by atoms with E-state index in [1.54, 1.807) is 0 Å². The fourth-order valence-corrected chi connectivity index (χ4v) is 3.28. The van der Waals surface area contributed by atoms with E-state index in [4.69, 9.17) is 10.8 Å². The minimum atomic E-state index is -0.0930. The summed E-state index contributed by atoms with van der Waals surface area (Å²) >= 11 is 0. The Morgan fingerprint density at radius 2 is 2.04 bits per heavy atom. The molecule has 25 heavy (non-hydrogen) atoms. The summed E-state index contributed by atoms with van der Waals surface area (Å²) in [6, 6.07) is 10.3. The number of amides is 1. The third-order valence-electron chi connectivity index (χ3n) is 4.82. The van der Waals surface area contributed by atoms with Crippen molar-refractivity contribution in [2.24, 2.45) is 11.7 Å². The van der Waals surface area contributed by atoms with Gasteiger partial charge in [-0.3, -0.25) is 4.79 Å². The summed E-state index contributed by atoms with van der Waals surface area (Å²) in [5.74, 6) is 0.761. The number of rotatable bonds is 3. The van der Waals surface area contributed by atoms with E-state index in [2.05, 4.69) is 45.1 Å². The van der Waals surface area contributed by atoms with Crippen LogP contribution in [0.3, 0.4) is 0 Å². The zero-order chi connectivity index (χ0) is 18.2. The lowest BCUT2D eigenvalue weighted by molar-refractivity contribution is -0.119. The lowest BCUT2D eigenvalue weighted by Gasteiger charge is -2.14. The number of anilines is 1. The van der Waals surface area contributed by atoms with E-state index in [0.29, 0.717) is 0 Å². The molecule has 1 aromatic carbocycles. The second-order valence-corrected chi connectivity index (χ2v) is 8.17. The highest BCUT2D eigenvalue weighted by Crippen LogP contribution is 2.29. The van der Waals surface area contributed by atoms with Crippen LogP contribution in [0.5, 0.6) is 0 Å². The van der Waals surface area contributed by atoms with Crippen LogP contribution in [0, 0.1) is 12.8 Å². The second-order valence-electron chi connectivity index (χ2n) is 8.17. The number of benzene rings is 1. The fourth-order valence-electron chi connectivity index (χ4n) is 3.28. The van der Waals surface area contributed by atoms with Crippen molar-refractivity contribution in [3.05, 3.63) is 41.6 Å². The molecule has 1 amide bonds. The molecule has 1 fully saturated rings. The number of hydrogen-bond donors (Lipinski definition) is 2. The van der Waals surface area contributed by atoms with Crippen LogP contribution in [0.2, 0.25) is 0 Å². The molecule has 2 unspecified atom stereocenters. The molecule has 5 heteroatoms. The molecule has 0 spiro atoms. The van der Waals surface area contributed by atoms with Crippen LogP contribution in [0.4, 0.5) is 5.82 Å². The molecule has 3 rings (SSSR count). The van der Waals surface area contributed by atoms with Gasteiger partial charge >= 0.3 is 0 Å². The molecule has 0 saturated heterocycles. The van der Waals surface area contributed by atoms with Crippen LogP contribution in [0.25, 0.3) is 5.69 Å². The van der Waals surface area contributed by atoms with E-state index in [9.17, 15) is 4.79 Å². The summed E-state index contributed by atoms with van der Waals surface area (Å²) in [6.45, 7) is 8.42. The maximum absolute atomic E-state index is 12.7. The van der Waals surface area contributed by atoms with Gasteiger partial charge in [-0.15, -0.1) is 0 Å². The molecule has 1 aliphatic rings. The van der Waals surface area contributed by atoms with Crippen molar-refractivity contribution in [3.8, 4) is 5.69 Å². The first kappa shape index (κ1) is 17.7. The molecule has 5 nitrogen and oxygen atoms in total. The van der Waals surface area contributed by atoms with E-state index < -0.39 is 0 Å². The number of hydrogen-bond acceptors (Lipinski definition) is 3. The Hall–Kier alpha value is -2.14. The Bertz CT molecular complexity index is 772. The van der Waals surface area contributed by atoms with E-state index in [1.165, 1.54) is 0 Å². The van der Waals surface area contributed by atoms with Crippen molar-refractivity contribution in [1.82, 2.24) is 9.78 Å². The average Bonchev–Trinajstić information content (AvgIpc) is 3.13. The summed E-state index contributed by atoms with van der Waals surface area (Å²) in [5, 5.41) is 7.85. The summed E-state index contributed by atoms with van der Waals surface area (Å²) in [4.78, 5) is 12.7. The van der Waals surface area contributed by atoms with Gasteiger partial charge in [0.05, 0.1) is 11.4 Å². The van der Waals surface area contributed by atoms with Gasteiger partial charge in [-0.05, 0) is 43.9 Å². The Morgan fingerprint density at radius 1 is 1.28 bits per heavy atom. The highest BCUT2D eigenvalue weighted by molar-refractivity contribution is 5.92.